The fourth-order valence-corrected chi connectivity index (χ4v) is 3.44. The first-order chi connectivity index (χ1) is 8.49. The number of anilines is 1. The number of rotatable bonds is 2. The summed E-state index contributed by atoms with van der Waals surface area (Å²) in [5.41, 5.74) is 8.44. The van der Waals surface area contributed by atoms with Crippen LogP contribution in [0.2, 0.25) is 0 Å². The average Bonchev–Trinajstić information content (AvgIpc) is 2.31. The Morgan fingerprint density at radius 3 is 2.67 bits per heavy atom. The summed E-state index contributed by atoms with van der Waals surface area (Å²) in [6.07, 6.45) is 2.63. The zero-order chi connectivity index (χ0) is 13.3. The summed E-state index contributed by atoms with van der Waals surface area (Å²) in [6.45, 7) is 7.83. The minimum atomic E-state index is 0.0751. The van der Waals surface area contributed by atoms with Crippen LogP contribution < -0.4 is 10.6 Å². The lowest BCUT2D eigenvalue weighted by Gasteiger charge is -2.38. The summed E-state index contributed by atoms with van der Waals surface area (Å²) in [6, 6.07) is 7.28. The van der Waals surface area contributed by atoms with Crippen molar-refractivity contribution in [3.05, 3.63) is 28.2 Å². The molecule has 0 amide bonds. The molecule has 1 aliphatic heterocycles. The van der Waals surface area contributed by atoms with E-state index in [0.717, 1.165) is 16.9 Å². The molecule has 0 bridgehead atoms. The molecule has 1 fully saturated rings. The summed E-state index contributed by atoms with van der Waals surface area (Å²) in [4.78, 5) is 2.52. The van der Waals surface area contributed by atoms with Crippen LogP contribution in [0.5, 0.6) is 0 Å². The second-order valence-electron chi connectivity index (χ2n) is 5.68. The predicted molar refractivity (Wildman–Crippen MR) is 82.0 cm³/mol. The molecule has 0 aromatic heterocycles. The van der Waals surface area contributed by atoms with Crippen LogP contribution in [-0.2, 0) is 0 Å². The van der Waals surface area contributed by atoms with Crippen molar-refractivity contribution in [2.75, 3.05) is 11.4 Å². The molecule has 1 aliphatic rings. The summed E-state index contributed by atoms with van der Waals surface area (Å²) < 4.78 is 1.13. The van der Waals surface area contributed by atoms with Crippen molar-refractivity contribution < 1.29 is 0 Å². The molecule has 1 heterocycles. The van der Waals surface area contributed by atoms with Gasteiger partial charge in [0, 0.05) is 28.8 Å². The smallest absolute Gasteiger partial charge is 0.0380 e. The van der Waals surface area contributed by atoms with E-state index in [1.54, 1.807) is 0 Å². The summed E-state index contributed by atoms with van der Waals surface area (Å²) >= 11 is 3.64. The van der Waals surface area contributed by atoms with Gasteiger partial charge in [-0.05, 0) is 50.3 Å². The van der Waals surface area contributed by atoms with E-state index in [9.17, 15) is 0 Å². The lowest BCUT2D eigenvalue weighted by atomic mass is 9.94. The van der Waals surface area contributed by atoms with E-state index in [1.807, 2.05) is 6.92 Å². The molecule has 2 nitrogen and oxygen atoms in total. The van der Waals surface area contributed by atoms with Crippen molar-refractivity contribution in [3.63, 3.8) is 0 Å². The van der Waals surface area contributed by atoms with Crippen molar-refractivity contribution in [3.8, 4) is 0 Å². The fraction of sp³-hybridized carbons (Fsp3) is 0.600. The highest BCUT2D eigenvalue weighted by atomic mass is 79.9. The number of piperidine rings is 1. The Kier molecular flexibility index (Phi) is 4.33. The maximum atomic E-state index is 5.95. The van der Waals surface area contributed by atoms with Crippen molar-refractivity contribution >= 4 is 21.6 Å². The molecule has 3 atom stereocenters. The summed E-state index contributed by atoms with van der Waals surface area (Å²) in [7, 11) is 0. The van der Waals surface area contributed by atoms with Crippen LogP contribution in [0, 0.1) is 5.92 Å². The molecule has 2 unspecified atom stereocenters. The first kappa shape index (κ1) is 13.9. The minimum Gasteiger partial charge on any atom is -0.369 e. The summed E-state index contributed by atoms with van der Waals surface area (Å²) in [5, 5.41) is 0. The van der Waals surface area contributed by atoms with Gasteiger partial charge in [0.05, 0.1) is 0 Å². The molecule has 100 valence electrons. The second-order valence-corrected chi connectivity index (χ2v) is 6.53. The Labute approximate surface area is 119 Å². The largest absolute Gasteiger partial charge is 0.369 e. The highest BCUT2D eigenvalue weighted by molar-refractivity contribution is 9.10. The third-order valence-corrected chi connectivity index (χ3v) is 4.61. The van der Waals surface area contributed by atoms with Gasteiger partial charge >= 0.3 is 0 Å². The van der Waals surface area contributed by atoms with Crippen LogP contribution in [0.15, 0.2) is 22.7 Å². The van der Waals surface area contributed by atoms with Crippen LogP contribution in [0.25, 0.3) is 0 Å². The Hall–Kier alpha value is -0.540. The SMILES string of the molecule is CC1CCC(C)N(c2ccc([C@@H](C)N)c(Br)c2)C1. The minimum absolute atomic E-state index is 0.0751. The standard InChI is InChI=1S/C15H23BrN2/c1-10-4-5-11(2)18(9-10)13-6-7-14(12(3)17)15(16)8-13/h6-8,10-12H,4-5,9,17H2,1-3H3/t10?,11?,12-/m1/s1. The van der Waals surface area contributed by atoms with Crippen LogP contribution in [0.3, 0.4) is 0 Å². The van der Waals surface area contributed by atoms with E-state index in [2.05, 4.69) is 52.9 Å². The zero-order valence-electron chi connectivity index (χ0n) is 11.5. The third kappa shape index (κ3) is 2.89. The van der Waals surface area contributed by atoms with E-state index in [-0.39, 0.29) is 6.04 Å². The highest BCUT2D eigenvalue weighted by Gasteiger charge is 2.23. The zero-order valence-corrected chi connectivity index (χ0v) is 13.1. The Bertz CT molecular complexity index is 417. The second kappa shape index (κ2) is 5.62. The molecule has 18 heavy (non-hydrogen) atoms. The fourth-order valence-electron chi connectivity index (χ4n) is 2.71. The number of nitrogens with two attached hydrogens (primary N) is 1. The molecule has 1 aromatic rings. The van der Waals surface area contributed by atoms with Gasteiger partial charge in [0.1, 0.15) is 0 Å². The van der Waals surface area contributed by atoms with Gasteiger partial charge in [-0.1, -0.05) is 28.9 Å². The van der Waals surface area contributed by atoms with Crippen LogP contribution in [-0.4, -0.2) is 12.6 Å². The van der Waals surface area contributed by atoms with Gasteiger partial charge in [-0.15, -0.1) is 0 Å². The highest BCUT2D eigenvalue weighted by Crippen LogP contribution is 2.32. The van der Waals surface area contributed by atoms with Gasteiger partial charge in [0.15, 0.2) is 0 Å². The van der Waals surface area contributed by atoms with Crippen LogP contribution in [0.4, 0.5) is 5.69 Å². The lowest BCUT2D eigenvalue weighted by Crippen LogP contribution is -2.41. The Morgan fingerprint density at radius 1 is 1.33 bits per heavy atom. The molecule has 0 aliphatic carbocycles. The monoisotopic (exact) mass is 310 g/mol. The van der Waals surface area contributed by atoms with Crippen molar-refractivity contribution in [2.24, 2.45) is 11.7 Å². The number of benzene rings is 1. The van der Waals surface area contributed by atoms with Crippen LogP contribution in [0.1, 0.15) is 45.2 Å². The van der Waals surface area contributed by atoms with Crippen molar-refractivity contribution in [1.82, 2.24) is 0 Å². The number of hydrogen-bond acceptors (Lipinski definition) is 2. The van der Waals surface area contributed by atoms with Gasteiger partial charge < -0.3 is 10.6 Å². The predicted octanol–water partition coefficient (Wildman–Crippen LogP) is 4.09. The first-order valence-electron chi connectivity index (χ1n) is 6.80. The topological polar surface area (TPSA) is 29.3 Å². The Balaban J connectivity index is 2.25. The average molecular weight is 311 g/mol. The van der Waals surface area contributed by atoms with Crippen molar-refractivity contribution in [2.45, 2.75) is 45.7 Å². The number of hydrogen-bond donors (Lipinski definition) is 1. The van der Waals surface area contributed by atoms with Gasteiger partial charge in [-0.2, -0.15) is 0 Å². The molecule has 2 rings (SSSR count). The van der Waals surface area contributed by atoms with E-state index in [4.69, 9.17) is 5.73 Å². The molecule has 0 saturated carbocycles. The quantitative estimate of drug-likeness (QED) is 0.891. The lowest BCUT2D eigenvalue weighted by molar-refractivity contribution is 0.390. The van der Waals surface area contributed by atoms with Gasteiger partial charge in [0.2, 0.25) is 0 Å². The molecule has 2 N–H and O–H groups in total. The molecular formula is C15H23BrN2. The molecule has 1 aromatic carbocycles. The van der Waals surface area contributed by atoms with E-state index >= 15 is 0 Å². The molecule has 3 heteroatoms. The van der Waals surface area contributed by atoms with Crippen LogP contribution >= 0.6 is 15.9 Å². The maximum absolute atomic E-state index is 5.95. The molecule has 0 radical (unpaired) electrons. The summed E-state index contributed by atoms with van der Waals surface area (Å²) in [5.74, 6) is 0.785. The van der Waals surface area contributed by atoms with Crippen molar-refractivity contribution in [1.29, 1.82) is 0 Å². The first-order valence-corrected chi connectivity index (χ1v) is 7.60. The van der Waals surface area contributed by atoms with Gasteiger partial charge in [-0.3, -0.25) is 0 Å². The Morgan fingerprint density at radius 2 is 2.06 bits per heavy atom. The normalized spacial score (nSPS) is 26.2. The number of nitrogens with zero attached hydrogens (tertiary/aromatic N) is 1. The van der Waals surface area contributed by atoms with E-state index in [1.165, 1.54) is 24.1 Å². The third-order valence-electron chi connectivity index (χ3n) is 3.92. The molecular weight excluding hydrogens is 288 g/mol. The maximum Gasteiger partial charge on any atom is 0.0380 e. The van der Waals surface area contributed by atoms with E-state index < -0.39 is 0 Å². The van der Waals surface area contributed by atoms with E-state index in [0.29, 0.717) is 6.04 Å². The van der Waals surface area contributed by atoms with Gasteiger partial charge in [0.25, 0.3) is 0 Å². The molecule has 0 spiro atoms. The van der Waals surface area contributed by atoms with Gasteiger partial charge in [-0.25, -0.2) is 0 Å². The molecule has 1 saturated heterocycles. The number of halogens is 1.